The minimum Gasteiger partial charge on any atom is -0.368 e. The number of fused-ring (bicyclic) bond motifs is 1. The number of hydrogen-bond donors (Lipinski definition) is 1. The van der Waals surface area contributed by atoms with Crippen LogP contribution in [0.4, 0.5) is 11.4 Å². The van der Waals surface area contributed by atoms with E-state index in [0.29, 0.717) is 16.8 Å². The van der Waals surface area contributed by atoms with Crippen molar-refractivity contribution >= 4 is 27.3 Å². The number of benzene rings is 2. The first kappa shape index (κ1) is 16.9. The molecular formula is C16H15N3O5S. The van der Waals surface area contributed by atoms with Crippen LogP contribution in [0.3, 0.4) is 0 Å². The molecule has 2 N–H and O–H groups in total. The highest BCUT2D eigenvalue weighted by Gasteiger charge is 2.42. The van der Waals surface area contributed by atoms with E-state index in [4.69, 9.17) is 5.73 Å². The fourth-order valence-corrected chi connectivity index (χ4v) is 4.86. The summed E-state index contributed by atoms with van der Waals surface area (Å²) in [5, 5.41) is 11.0. The number of carbonyl (C=O) groups excluding carboxylic acids is 1. The lowest BCUT2D eigenvalue weighted by Crippen LogP contribution is -2.46. The highest BCUT2D eigenvalue weighted by atomic mass is 32.2. The highest BCUT2D eigenvalue weighted by molar-refractivity contribution is 7.93. The molecule has 9 heteroatoms. The zero-order chi connectivity index (χ0) is 18.4. The maximum Gasteiger partial charge on any atom is 0.270 e. The fraction of sp³-hybridized carbons (Fsp3) is 0.188. The number of carbonyl (C=O) groups is 1. The quantitative estimate of drug-likeness (QED) is 0.653. The van der Waals surface area contributed by atoms with Crippen molar-refractivity contribution in [2.75, 3.05) is 4.31 Å². The van der Waals surface area contributed by atoms with Crippen molar-refractivity contribution in [2.45, 2.75) is 24.3 Å². The molecular weight excluding hydrogens is 346 g/mol. The number of nitrogens with two attached hydrogens (primary N) is 1. The molecule has 0 spiro atoms. The molecule has 25 heavy (non-hydrogen) atoms. The molecule has 2 aromatic rings. The summed E-state index contributed by atoms with van der Waals surface area (Å²) in [4.78, 5) is 22.0. The van der Waals surface area contributed by atoms with E-state index < -0.39 is 26.9 Å². The van der Waals surface area contributed by atoms with Gasteiger partial charge in [-0.3, -0.25) is 19.2 Å². The van der Waals surface area contributed by atoms with E-state index in [1.807, 2.05) is 0 Å². The molecule has 1 atom stereocenters. The zero-order valence-corrected chi connectivity index (χ0v) is 14.1. The SMILES string of the molecule is Cc1ccc([N+](=O)[O-])cc1S(=O)(=O)N1c2ccccc2CC1C(N)=O. The van der Waals surface area contributed by atoms with Crippen LogP contribution in [0.1, 0.15) is 11.1 Å². The second kappa shape index (κ2) is 5.85. The largest absolute Gasteiger partial charge is 0.368 e. The summed E-state index contributed by atoms with van der Waals surface area (Å²) in [5.41, 5.74) is 6.45. The van der Waals surface area contributed by atoms with E-state index in [1.54, 1.807) is 24.3 Å². The first-order valence-corrected chi connectivity index (χ1v) is 8.84. The van der Waals surface area contributed by atoms with Crippen LogP contribution in [0.5, 0.6) is 0 Å². The van der Waals surface area contributed by atoms with E-state index in [2.05, 4.69) is 0 Å². The number of sulfonamides is 1. The van der Waals surface area contributed by atoms with Gasteiger partial charge in [0.15, 0.2) is 0 Å². The number of rotatable bonds is 4. The van der Waals surface area contributed by atoms with Crippen LogP contribution in [0.15, 0.2) is 47.4 Å². The topological polar surface area (TPSA) is 124 Å². The van der Waals surface area contributed by atoms with Gasteiger partial charge in [-0.15, -0.1) is 0 Å². The number of primary amides is 1. The molecule has 1 unspecified atom stereocenters. The molecule has 1 amide bonds. The lowest BCUT2D eigenvalue weighted by Gasteiger charge is -2.25. The minimum absolute atomic E-state index is 0.165. The van der Waals surface area contributed by atoms with Gasteiger partial charge in [-0.25, -0.2) is 8.42 Å². The van der Waals surface area contributed by atoms with Gasteiger partial charge < -0.3 is 5.73 Å². The van der Waals surface area contributed by atoms with Gasteiger partial charge in [-0.2, -0.15) is 0 Å². The van der Waals surface area contributed by atoms with Crippen molar-refractivity contribution < 1.29 is 18.1 Å². The van der Waals surface area contributed by atoms with Crippen LogP contribution in [0, 0.1) is 17.0 Å². The van der Waals surface area contributed by atoms with Crippen LogP contribution in [0.2, 0.25) is 0 Å². The van der Waals surface area contributed by atoms with Crippen molar-refractivity contribution in [3.63, 3.8) is 0 Å². The van der Waals surface area contributed by atoms with E-state index in [0.717, 1.165) is 10.4 Å². The Morgan fingerprint density at radius 3 is 2.60 bits per heavy atom. The number of amides is 1. The molecule has 1 aliphatic rings. The van der Waals surface area contributed by atoms with Crippen LogP contribution in [-0.2, 0) is 21.2 Å². The molecule has 0 radical (unpaired) electrons. The smallest absolute Gasteiger partial charge is 0.270 e. The Morgan fingerprint density at radius 2 is 1.96 bits per heavy atom. The van der Waals surface area contributed by atoms with Gasteiger partial charge in [-0.1, -0.05) is 24.3 Å². The van der Waals surface area contributed by atoms with Crippen molar-refractivity contribution in [1.29, 1.82) is 0 Å². The normalized spacial score (nSPS) is 16.5. The van der Waals surface area contributed by atoms with Crippen LogP contribution >= 0.6 is 0 Å². The third-order valence-corrected chi connectivity index (χ3v) is 6.14. The number of hydrogen-bond acceptors (Lipinski definition) is 5. The molecule has 0 saturated carbocycles. The van der Waals surface area contributed by atoms with Gasteiger partial charge in [0.1, 0.15) is 6.04 Å². The van der Waals surface area contributed by atoms with Gasteiger partial charge >= 0.3 is 0 Å². The predicted molar refractivity (Wildman–Crippen MR) is 90.6 cm³/mol. The van der Waals surface area contributed by atoms with Crippen molar-refractivity contribution in [1.82, 2.24) is 0 Å². The van der Waals surface area contributed by atoms with E-state index >= 15 is 0 Å². The fourth-order valence-electron chi connectivity index (χ4n) is 2.96. The molecule has 0 saturated heterocycles. The standard InChI is InChI=1S/C16H15N3O5S/c1-10-6-7-12(19(21)22)9-15(10)25(23,24)18-13-5-3-2-4-11(13)8-14(18)16(17)20/h2-7,9,14H,8H2,1H3,(H2,17,20). The van der Waals surface area contributed by atoms with E-state index in [-0.39, 0.29) is 17.0 Å². The Balaban J connectivity index is 2.21. The number of para-hydroxylation sites is 1. The summed E-state index contributed by atoms with van der Waals surface area (Å²) in [5.74, 6) is -0.775. The summed E-state index contributed by atoms with van der Waals surface area (Å²) in [6.07, 6.45) is 0.165. The molecule has 3 rings (SSSR count). The molecule has 0 aromatic heterocycles. The van der Waals surface area contributed by atoms with Gasteiger partial charge in [0.05, 0.1) is 15.5 Å². The molecule has 0 bridgehead atoms. The Hall–Kier alpha value is -2.94. The Kier molecular flexibility index (Phi) is 3.96. The molecule has 1 heterocycles. The van der Waals surface area contributed by atoms with Crippen LogP contribution in [-0.4, -0.2) is 25.3 Å². The average Bonchev–Trinajstić information content (AvgIpc) is 2.95. The van der Waals surface area contributed by atoms with Gasteiger partial charge in [0.25, 0.3) is 15.7 Å². The van der Waals surface area contributed by atoms with Crippen molar-refractivity contribution in [3.8, 4) is 0 Å². The number of nitro benzene ring substituents is 1. The van der Waals surface area contributed by atoms with Crippen LogP contribution in [0.25, 0.3) is 0 Å². The van der Waals surface area contributed by atoms with E-state index in [1.165, 1.54) is 19.1 Å². The highest BCUT2D eigenvalue weighted by Crippen LogP contribution is 2.37. The summed E-state index contributed by atoms with van der Waals surface area (Å²) in [6, 6.07) is 9.25. The number of non-ortho nitro benzene ring substituents is 1. The minimum atomic E-state index is -4.20. The molecule has 1 aliphatic heterocycles. The Morgan fingerprint density at radius 1 is 1.28 bits per heavy atom. The van der Waals surface area contributed by atoms with Crippen LogP contribution < -0.4 is 10.0 Å². The first-order chi connectivity index (χ1) is 11.7. The molecule has 0 fully saturated rings. The Bertz CT molecular complexity index is 987. The first-order valence-electron chi connectivity index (χ1n) is 7.40. The summed E-state index contributed by atoms with van der Waals surface area (Å²) < 4.78 is 27.4. The molecule has 8 nitrogen and oxygen atoms in total. The predicted octanol–water partition coefficient (Wildman–Crippen LogP) is 1.51. The number of aryl methyl sites for hydroxylation is 1. The second-order valence-corrected chi connectivity index (χ2v) is 7.54. The maximum atomic E-state index is 13.2. The third-order valence-electron chi connectivity index (χ3n) is 4.17. The van der Waals surface area contributed by atoms with Crippen molar-refractivity contribution in [3.05, 3.63) is 63.7 Å². The van der Waals surface area contributed by atoms with Crippen molar-refractivity contribution in [2.24, 2.45) is 5.73 Å². The Labute approximate surface area is 144 Å². The molecule has 130 valence electrons. The lowest BCUT2D eigenvalue weighted by molar-refractivity contribution is -0.385. The monoisotopic (exact) mass is 361 g/mol. The second-order valence-electron chi connectivity index (χ2n) is 5.76. The summed E-state index contributed by atoms with van der Waals surface area (Å²) >= 11 is 0. The summed E-state index contributed by atoms with van der Waals surface area (Å²) in [6.45, 7) is 1.54. The number of nitro groups is 1. The number of anilines is 1. The van der Waals surface area contributed by atoms with Gasteiger partial charge in [-0.05, 0) is 24.1 Å². The molecule has 0 aliphatic carbocycles. The lowest BCUT2D eigenvalue weighted by atomic mass is 10.1. The summed E-state index contributed by atoms with van der Waals surface area (Å²) in [7, 11) is -4.20. The maximum absolute atomic E-state index is 13.2. The molecule has 2 aromatic carbocycles. The average molecular weight is 361 g/mol. The number of nitrogens with zero attached hydrogens (tertiary/aromatic N) is 2. The third kappa shape index (κ3) is 2.72. The zero-order valence-electron chi connectivity index (χ0n) is 13.2. The van der Waals surface area contributed by atoms with Gasteiger partial charge in [0, 0.05) is 18.6 Å². The van der Waals surface area contributed by atoms with Gasteiger partial charge in [0.2, 0.25) is 5.91 Å². The van der Waals surface area contributed by atoms with E-state index in [9.17, 15) is 23.3 Å².